The summed E-state index contributed by atoms with van der Waals surface area (Å²) < 4.78 is 15.7. The van der Waals surface area contributed by atoms with Gasteiger partial charge in [-0.2, -0.15) is 0 Å². The number of ketones is 1. The monoisotopic (exact) mass is 446 g/mol. The van der Waals surface area contributed by atoms with Gasteiger partial charge < -0.3 is 50.0 Å². The van der Waals surface area contributed by atoms with Crippen LogP contribution in [0.5, 0.6) is 11.5 Å². The molecule has 7 N–H and O–H groups in total. The second-order valence-corrected chi connectivity index (χ2v) is 7.07. The summed E-state index contributed by atoms with van der Waals surface area (Å²) in [5, 5.41) is 69.6. The van der Waals surface area contributed by atoms with E-state index in [0.717, 1.165) is 19.2 Å². The molecule has 0 spiro atoms. The van der Waals surface area contributed by atoms with Gasteiger partial charge in [-0.3, -0.25) is 4.79 Å². The molecule has 0 amide bonds. The second-order valence-electron chi connectivity index (χ2n) is 7.07. The fraction of sp³-hybridized carbons (Fsp3) is 0.579. The van der Waals surface area contributed by atoms with E-state index in [2.05, 4.69) is 0 Å². The summed E-state index contributed by atoms with van der Waals surface area (Å²) in [6.07, 6.45) is -11.8. The van der Waals surface area contributed by atoms with Gasteiger partial charge in [0.15, 0.2) is 18.2 Å². The Balaban J connectivity index is 2.49. The molecule has 1 aromatic carbocycles. The number of aromatic hydroxyl groups is 2. The van der Waals surface area contributed by atoms with Crippen molar-refractivity contribution in [1.29, 1.82) is 0 Å². The Labute approximate surface area is 176 Å². The van der Waals surface area contributed by atoms with Crippen molar-refractivity contribution >= 4 is 11.8 Å². The second kappa shape index (κ2) is 10.3. The first kappa shape index (κ1) is 24.9. The van der Waals surface area contributed by atoms with E-state index < -0.39 is 79.2 Å². The fourth-order valence-corrected chi connectivity index (χ4v) is 3.27. The highest BCUT2D eigenvalue weighted by Gasteiger charge is 2.45. The van der Waals surface area contributed by atoms with Crippen LogP contribution >= 0.6 is 0 Å². The lowest BCUT2D eigenvalue weighted by Gasteiger charge is -2.41. The molecule has 2 rings (SSSR count). The molecule has 0 bridgehead atoms. The number of phenols is 2. The average Bonchev–Trinajstić information content (AvgIpc) is 2.71. The number of Topliss-reactive ketones (excluding diaryl/α,β-unsaturated/α-hetero) is 1. The summed E-state index contributed by atoms with van der Waals surface area (Å²) in [6, 6.07) is 2.25. The van der Waals surface area contributed by atoms with Crippen LogP contribution in [0.15, 0.2) is 12.1 Å². The molecule has 1 fully saturated rings. The maximum atomic E-state index is 11.8. The van der Waals surface area contributed by atoms with Gasteiger partial charge in [0, 0.05) is 13.5 Å². The summed E-state index contributed by atoms with van der Waals surface area (Å²) in [5.74, 6) is -3.17. The Morgan fingerprint density at radius 1 is 1.13 bits per heavy atom. The van der Waals surface area contributed by atoms with Crippen molar-refractivity contribution in [3.63, 3.8) is 0 Å². The minimum atomic E-state index is -1.83. The Bertz CT molecular complexity index is 794. The zero-order valence-corrected chi connectivity index (χ0v) is 16.8. The van der Waals surface area contributed by atoms with Crippen molar-refractivity contribution < 1.29 is 59.5 Å². The first-order chi connectivity index (χ1) is 14.5. The van der Waals surface area contributed by atoms with E-state index in [0.29, 0.717) is 0 Å². The zero-order valence-electron chi connectivity index (χ0n) is 16.8. The number of hydrogen-bond donors (Lipinski definition) is 7. The number of carboxylic acid groups (broad SMARTS) is 1. The Hall–Kier alpha value is -2.32. The van der Waals surface area contributed by atoms with Gasteiger partial charge in [0.25, 0.3) is 0 Å². The molecular formula is C19H26O12. The molecule has 0 aliphatic carbocycles. The summed E-state index contributed by atoms with van der Waals surface area (Å²) in [4.78, 5) is 23.2. The van der Waals surface area contributed by atoms with Crippen molar-refractivity contribution in [3.8, 4) is 11.5 Å². The predicted octanol–water partition coefficient (Wildman–Crippen LogP) is -1.35. The normalized spacial score (nSPS) is 28.1. The van der Waals surface area contributed by atoms with Crippen LogP contribution in [-0.2, 0) is 19.0 Å². The third-order valence-electron chi connectivity index (χ3n) is 5.03. The molecular weight excluding hydrogens is 420 g/mol. The van der Waals surface area contributed by atoms with Crippen LogP contribution in [0.1, 0.15) is 35.4 Å². The Kier molecular flexibility index (Phi) is 8.31. The minimum absolute atomic E-state index is 0.181. The number of rotatable bonds is 9. The number of carboxylic acids is 1. The van der Waals surface area contributed by atoms with Gasteiger partial charge in [0.1, 0.15) is 35.9 Å². The molecule has 1 aromatic rings. The van der Waals surface area contributed by atoms with Gasteiger partial charge in [-0.1, -0.05) is 0 Å². The van der Waals surface area contributed by atoms with Gasteiger partial charge in [-0.05, 0) is 19.1 Å². The van der Waals surface area contributed by atoms with E-state index in [-0.39, 0.29) is 11.1 Å². The smallest absolute Gasteiger partial charge is 0.332 e. The zero-order chi connectivity index (χ0) is 23.5. The molecule has 31 heavy (non-hydrogen) atoms. The van der Waals surface area contributed by atoms with Crippen LogP contribution in [0.2, 0.25) is 0 Å². The molecule has 1 aliphatic rings. The molecule has 12 nitrogen and oxygen atoms in total. The van der Waals surface area contributed by atoms with Gasteiger partial charge in [-0.15, -0.1) is 0 Å². The summed E-state index contributed by atoms with van der Waals surface area (Å²) in [6.45, 7) is 0.431. The van der Waals surface area contributed by atoms with E-state index in [1.807, 2.05) is 0 Å². The van der Waals surface area contributed by atoms with Gasteiger partial charge in [-0.25, -0.2) is 4.79 Å². The topological polar surface area (TPSA) is 203 Å². The lowest BCUT2D eigenvalue weighted by Crippen LogP contribution is -2.59. The third-order valence-corrected chi connectivity index (χ3v) is 5.03. The van der Waals surface area contributed by atoms with Crippen molar-refractivity contribution in [1.82, 2.24) is 0 Å². The molecule has 174 valence electrons. The molecule has 0 saturated carbocycles. The van der Waals surface area contributed by atoms with Gasteiger partial charge >= 0.3 is 5.97 Å². The first-order valence-electron chi connectivity index (χ1n) is 9.30. The molecule has 0 aromatic heterocycles. The number of phenolic OH excluding ortho intramolecular Hbond substituents is 2. The number of methoxy groups -OCH3 is 1. The van der Waals surface area contributed by atoms with E-state index in [1.54, 1.807) is 0 Å². The standard InChI is InChI=1S/C19H26O12/c1-7(21)8-3-4-9(22)13(14(8)23)10(5-11(29-2)18(27)28)30-19-17(26)16(25)15(24)12(6-20)31-19/h3-4,10-12,15-17,19-20,22-26H,5-6H2,1-2H3,(H,27,28)/t10-,11+,12+,15+,16-,17+,19+/m1/s1. The Morgan fingerprint density at radius 2 is 1.77 bits per heavy atom. The minimum Gasteiger partial charge on any atom is -0.507 e. The summed E-state index contributed by atoms with van der Waals surface area (Å²) >= 11 is 0. The average molecular weight is 446 g/mol. The number of ether oxygens (including phenoxy) is 3. The SMILES string of the molecule is CO[C@@H](C[C@@H](O[C@H]1O[C@@H](CO)[C@H](O)[C@@H](O)[C@@H]1O)c1c(O)ccc(C(C)=O)c1O)C(=O)O. The highest BCUT2D eigenvalue weighted by atomic mass is 16.7. The maximum Gasteiger partial charge on any atom is 0.332 e. The van der Waals surface area contributed by atoms with E-state index in [4.69, 9.17) is 14.2 Å². The van der Waals surface area contributed by atoms with Crippen LogP contribution in [-0.4, -0.2) is 98.0 Å². The number of benzene rings is 1. The van der Waals surface area contributed by atoms with Crippen LogP contribution in [0.4, 0.5) is 0 Å². The maximum absolute atomic E-state index is 11.8. The van der Waals surface area contributed by atoms with Crippen molar-refractivity contribution in [2.45, 2.75) is 56.3 Å². The van der Waals surface area contributed by atoms with Crippen molar-refractivity contribution in [2.24, 2.45) is 0 Å². The molecule has 1 heterocycles. The number of hydrogen-bond acceptors (Lipinski definition) is 11. The molecule has 1 aliphatic heterocycles. The lowest BCUT2D eigenvalue weighted by molar-refractivity contribution is -0.314. The number of aliphatic carboxylic acids is 1. The van der Waals surface area contributed by atoms with Crippen LogP contribution in [0, 0.1) is 0 Å². The largest absolute Gasteiger partial charge is 0.507 e. The van der Waals surface area contributed by atoms with E-state index >= 15 is 0 Å². The molecule has 0 radical (unpaired) electrons. The third kappa shape index (κ3) is 5.30. The number of aliphatic hydroxyl groups is 4. The highest BCUT2D eigenvalue weighted by molar-refractivity contribution is 5.97. The quantitative estimate of drug-likeness (QED) is 0.220. The summed E-state index contributed by atoms with van der Waals surface area (Å²) in [5.41, 5.74) is -0.549. The van der Waals surface area contributed by atoms with Crippen LogP contribution < -0.4 is 0 Å². The van der Waals surface area contributed by atoms with Crippen LogP contribution in [0.25, 0.3) is 0 Å². The van der Waals surface area contributed by atoms with Crippen molar-refractivity contribution in [3.05, 3.63) is 23.3 Å². The molecule has 1 saturated heterocycles. The van der Waals surface area contributed by atoms with E-state index in [9.17, 15) is 45.3 Å². The molecule has 0 unspecified atom stereocenters. The highest BCUT2D eigenvalue weighted by Crippen LogP contribution is 2.41. The van der Waals surface area contributed by atoms with Gasteiger partial charge in [0.2, 0.25) is 0 Å². The number of carbonyl (C=O) groups excluding carboxylic acids is 1. The number of aliphatic hydroxyl groups excluding tert-OH is 4. The van der Waals surface area contributed by atoms with Crippen LogP contribution in [0.3, 0.4) is 0 Å². The summed E-state index contributed by atoms with van der Waals surface area (Å²) in [7, 11) is 1.11. The predicted molar refractivity (Wildman–Crippen MR) is 100 cm³/mol. The van der Waals surface area contributed by atoms with Crippen molar-refractivity contribution in [2.75, 3.05) is 13.7 Å². The molecule has 12 heteroatoms. The van der Waals surface area contributed by atoms with E-state index in [1.165, 1.54) is 6.92 Å². The Morgan fingerprint density at radius 3 is 2.29 bits per heavy atom. The molecule has 7 atom stereocenters. The first-order valence-corrected chi connectivity index (χ1v) is 9.30. The number of carbonyl (C=O) groups is 2. The fourth-order valence-electron chi connectivity index (χ4n) is 3.27. The lowest BCUT2D eigenvalue weighted by atomic mass is 9.96. The van der Waals surface area contributed by atoms with Gasteiger partial charge in [0.05, 0.1) is 23.8 Å².